The predicted molar refractivity (Wildman–Crippen MR) is 150 cm³/mol. The van der Waals surface area contributed by atoms with Crippen LogP contribution < -0.4 is 25.6 Å². The molecule has 1 fully saturated rings. The molecule has 1 aliphatic rings. The summed E-state index contributed by atoms with van der Waals surface area (Å²) in [5.41, 5.74) is 5.15. The molecule has 0 saturated heterocycles. The molecular formula is C22H25N5O5S5. The lowest BCUT2D eigenvalue weighted by molar-refractivity contribution is 0.0943. The second-order valence-electron chi connectivity index (χ2n) is 8.26. The van der Waals surface area contributed by atoms with Crippen molar-refractivity contribution in [2.24, 2.45) is 0 Å². The van der Waals surface area contributed by atoms with Crippen molar-refractivity contribution in [1.82, 2.24) is 16.2 Å². The fourth-order valence-electron chi connectivity index (χ4n) is 3.77. The lowest BCUT2D eigenvalue weighted by Gasteiger charge is -2.24. The Morgan fingerprint density at radius 3 is 1.84 bits per heavy atom. The molecule has 0 unspecified atom stereocenters. The number of carbonyl (C=O) groups is 1. The highest BCUT2D eigenvalue weighted by atomic mass is 32.3. The molecule has 1 amide bonds. The molecule has 0 radical (unpaired) electrons. The van der Waals surface area contributed by atoms with Gasteiger partial charge in [0.15, 0.2) is 5.11 Å². The zero-order valence-corrected chi connectivity index (χ0v) is 23.5. The van der Waals surface area contributed by atoms with Crippen LogP contribution in [-0.4, -0.2) is 33.9 Å². The molecule has 0 aliphatic heterocycles. The van der Waals surface area contributed by atoms with E-state index in [2.05, 4.69) is 25.6 Å². The molecule has 1 aromatic carbocycles. The Balaban J connectivity index is 1.54. The fraction of sp³-hybridized carbons (Fsp3) is 0.273. The molecule has 2 aromatic heterocycles. The smallest absolute Gasteiger partial charge is 0.271 e. The Hall–Kier alpha value is -2.72. The van der Waals surface area contributed by atoms with Crippen LogP contribution in [-0.2, 0) is 20.0 Å². The number of anilines is 2. The van der Waals surface area contributed by atoms with E-state index in [4.69, 9.17) is 12.2 Å². The van der Waals surface area contributed by atoms with Crippen molar-refractivity contribution in [3.8, 4) is 0 Å². The number of rotatable bonds is 8. The van der Waals surface area contributed by atoms with Crippen LogP contribution in [0, 0.1) is 0 Å². The Kier molecular flexibility index (Phi) is 8.69. The minimum absolute atomic E-state index is 0.00299. The van der Waals surface area contributed by atoms with Crippen molar-refractivity contribution in [3.05, 3.63) is 58.8 Å². The molecule has 3 aromatic rings. The van der Waals surface area contributed by atoms with Crippen LogP contribution in [0.1, 0.15) is 42.5 Å². The summed E-state index contributed by atoms with van der Waals surface area (Å²) in [6.45, 7) is 0. The van der Waals surface area contributed by atoms with Crippen LogP contribution in [0.5, 0.6) is 0 Å². The quantitative estimate of drug-likeness (QED) is 0.194. The van der Waals surface area contributed by atoms with Gasteiger partial charge in [0.1, 0.15) is 8.42 Å². The van der Waals surface area contributed by atoms with Crippen LogP contribution in [0.2, 0.25) is 0 Å². The second kappa shape index (κ2) is 11.8. The van der Waals surface area contributed by atoms with Crippen molar-refractivity contribution in [2.75, 3.05) is 9.44 Å². The first kappa shape index (κ1) is 27.3. The highest BCUT2D eigenvalue weighted by Gasteiger charge is 2.21. The first-order valence-corrected chi connectivity index (χ1v) is 16.4. The Labute approximate surface area is 229 Å². The van der Waals surface area contributed by atoms with Crippen LogP contribution in [0.25, 0.3) is 0 Å². The van der Waals surface area contributed by atoms with Crippen LogP contribution in [0.15, 0.2) is 61.6 Å². The molecular weight excluding hydrogens is 575 g/mol. The minimum Gasteiger partial charge on any atom is -0.359 e. The molecule has 0 atom stereocenters. The van der Waals surface area contributed by atoms with E-state index < -0.39 is 26.0 Å². The highest BCUT2D eigenvalue weighted by molar-refractivity contribution is 7.95. The van der Waals surface area contributed by atoms with Gasteiger partial charge in [-0.2, -0.15) is 0 Å². The first-order valence-electron chi connectivity index (χ1n) is 11.3. The SMILES string of the molecule is O=C(NNC(=S)NC1CCCCC1)c1cc(NS(=O)(=O)c2cccs2)cc(NS(=O)(=O)c2cccs2)c1. The van der Waals surface area contributed by atoms with Gasteiger partial charge in [0.05, 0.1) is 11.4 Å². The topological polar surface area (TPSA) is 145 Å². The fourth-order valence-corrected chi connectivity index (χ4v) is 8.06. The van der Waals surface area contributed by atoms with Gasteiger partial charge in [0.25, 0.3) is 26.0 Å². The number of nitrogens with one attached hydrogen (secondary N) is 5. The molecule has 0 spiro atoms. The number of sulfonamides is 2. The summed E-state index contributed by atoms with van der Waals surface area (Å²) < 4.78 is 56.0. The third kappa shape index (κ3) is 7.41. The van der Waals surface area contributed by atoms with E-state index >= 15 is 0 Å². The van der Waals surface area contributed by atoms with Gasteiger partial charge in [-0.3, -0.25) is 25.1 Å². The molecule has 15 heteroatoms. The van der Waals surface area contributed by atoms with E-state index in [1.807, 2.05) is 0 Å². The molecule has 198 valence electrons. The summed E-state index contributed by atoms with van der Waals surface area (Å²) in [5.74, 6) is -0.637. The molecule has 0 bridgehead atoms. The van der Waals surface area contributed by atoms with Gasteiger partial charge in [0, 0.05) is 11.6 Å². The zero-order valence-electron chi connectivity index (χ0n) is 19.4. The van der Waals surface area contributed by atoms with Crippen molar-refractivity contribution in [1.29, 1.82) is 0 Å². The Bertz CT molecular complexity index is 1360. The first-order chi connectivity index (χ1) is 17.6. The lowest BCUT2D eigenvalue weighted by atomic mass is 9.96. The maximum atomic E-state index is 12.9. The maximum absolute atomic E-state index is 12.9. The number of hydrogen-bond acceptors (Lipinski definition) is 8. The number of thiophene rings is 2. The van der Waals surface area contributed by atoms with Crippen molar-refractivity contribution in [2.45, 2.75) is 46.6 Å². The number of hydrazine groups is 1. The molecule has 5 N–H and O–H groups in total. The Morgan fingerprint density at radius 1 is 0.811 bits per heavy atom. The highest BCUT2D eigenvalue weighted by Crippen LogP contribution is 2.27. The number of benzene rings is 1. The summed E-state index contributed by atoms with van der Waals surface area (Å²) in [5, 5.41) is 6.66. The van der Waals surface area contributed by atoms with E-state index in [9.17, 15) is 21.6 Å². The van der Waals surface area contributed by atoms with Gasteiger partial charge in [0.2, 0.25) is 0 Å². The average molecular weight is 600 g/mol. The van der Waals surface area contributed by atoms with Gasteiger partial charge in [-0.15, -0.1) is 22.7 Å². The van der Waals surface area contributed by atoms with Gasteiger partial charge in [-0.25, -0.2) is 16.8 Å². The van der Waals surface area contributed by atoms with E-state index in [-0.39, 0.29) is 36.5 Å². The van der Waals surface area contributed by atoms with E-state index in [1.165, 1.54) is 36.8 Å². The van der Waals surface area contributed by atoms with E-state index in [1.54, 1.807) is 22.9 Å². The normalized spacial score (nSPS) is 14.5. The van der Waals surface area contributed by atoms with Gasteiger partial charge >= 0.3 is 0 Å². The van der Waals surface area contributed by atoms with Crippen molar-refractivity contribution in [3.63, 3.8) is 0 Å². The third-order valence-corrected chi connectivity index (χ3v) is 11.2. The van der Waals surface area contributed by atoms with Crippen LogP contribution in [0.4, 0.5) is 11.4 Å². The van der Waals surface area contributed by atoms with E-state index in [0.717, 1.165) is 48.4 Å². The molecule has 4 rings (SSSR count). The largest absolute Gasteiger partial charge is 0.359 e. The number of amides is 1. The van der Waals surface area contributed by atoms with Gasteiger partial charge in [-0.1, -0.05) is 31.4 Å². The molecule has 10 nitrogen and oxygen atoms in total. The number of thiocarbonyl (C=S) groups is 1. The summed E-state index contributed by atoms with van der Waals surface area (Å²) in [7, 11) is -7.89. The van der Waals surface area contributed by atoms with Crippen LogP contribution >= 0.6 is 34.9 Å². The number of hydrogen-bond donors (Lipinski definition) is 5. The van der Waals surface area contributed by atoms with E-state index in [0.29, 0.717) is 0 Å². The standard InChI is InChI=1S/C22H25N5O5S5/c28-21(24-25-22(33)23-16-6-2-1-3-7-16)15-12-17(26-36(29,30)19-8-4-10-34-19)14-18(13-15)27-37(31,32)20-9-5-11-35-20/h4-5,8-14,16,26-27H,1-3,6-7H2,(H,24,28)(H2,23,25,33). The molecule has 37 heavy (non-hydrogen) atoms. The van der Waals surface area contributed by atoms with Crippen LogP contribution in [0.3, 0.4) is 0 Å². The Morgan fingerprint density at radius 2 is 1.35 bits per heavy atom. The molecule has 2 heterocycles. The zero-order chi connectivity index (χ0) is 26.5. The monoisotopic (exact) mass is 599 g/mol. The second-order valence-corrected chi connectivity index (χ2v) is 14.4. The van der Waals surface area contributed by atoms with Gasteiger partial charge < -0.3 is 5.32 Å². The minimum atomic E-state index is -3.94. The predicted octanol–water partition coefficient (Wildman–Crippen LogP) is 3.85. The summed E-state index contributed by atoms with van der Waals surface area (Å²) >= 11 is 7.32. The molecule has 1 aliphatic carbocycles. The van der Waals surface area contributed by atoms with Crippen molar-refractivity contribution >= 4 is 77.3 Å². The average Bonchev–Trinajstić information content (AvgIpc) is 3.58. The summed E-state index contributed by atoms with van der Waals surface area (Å²) in [6, 6.07) is 10.2. The summed E-state index contributed by atoms with van der Waals surface area (Å²) in [4.78, 5) is 12.9. The number of carbonyl (C=O) groups excluding carboxylic acids is 1. The lowest BCUT2D eigenvalue weighted by Crippen LogP contribution is -2.50. The molecule has 1 saturated carbocycles. The van der Waals surface area contributed by atoms with Crippen molar-refractivity contribution < 1.29 is 21.6 Å². The third-order valence-electron chi connectivity index (χ3n) is 5.45. The van der Waals surface area contributed by atoms with Gasteiger partial charge in [-0.05, 0) is 66.2 Å². The summed E-state index contributed by atoms with van der Waals surface area (Å²) in [6.07, 6.45) is 5.42. The maximum Gasteiger partial charge on any atom is 0.271 e.